The molecule has 14 heavy (non-hydrogen) atoms. The van der Waals surface area contributed by atoms with Crippen LogP contribution in [-0.2, 0) is 4.79 Å². The quantitative estimate of drug-likeness (QED) is 0.714. The van der Waals surface area contributed by atoms with Crippen LogP contribution in [0, 0.1) is 5.92 Å². The van der Waals surface area contributed by atoms with Crippen LogP contribution in [0.1, 0.15) is 39.0 Å². The third-order valence-corrected chi connectivity index (χ3v) is 3.06. The van der Waals surface area contributed by atoms with E-state index in [1.807, 2.05) is 0 Å². The van der Waals surface area contributed by atoms with Crippen LogP contribution >= 0.6 is 0 Å². The molecule has 0 bridgehead atoms. The number of rotatable bonds is 4. The third-order valence-electron chi connectivity index (χ3n) is 3.06. The van der Waals surface area contributed by atoms with E-state index in [4.69, 9.17) is 0 Å². The molecule has 0 radical (unpaired) electrons. The molecule has 1 rings (SSSR count). The zero-order chi connectivity index (χ0) is 10.4. The van der Waals surface area contributed by atoms with Crippen molar-refractivity contribution in [3.05, 3.63) is 0 Å². The Hall–Kier alpha value is -0.570. The van der Waals surface area contributed by atoms with Gasteiger partial charge in [0, 0.05) is 6.04 Å². The van der Waals surface area contributed by atoms with Gasteiger partial charge in [-0.15, -0.1) is 0 Å². The molecule has 3 heteroatoms. The maximum Gasteiger partial charge on any atom is 0.234 e. The van der Waals surface area contributed by atoms with Crippen molar-refractivity contribution in [2.24, 2.45) is 5.92 Å². The van der Waals surface area contributed by atoms with E-state index in [1.54, 1.807) is 7.05 Å². The number of hydrogen-bond acceptors (Lipinski definition) is 2. The summed E-state index contributed by atoms with van der Waals surface area (Å²) in [6.07, 6.45) is 6.19. The highest BCUT2D eigenvalue weighted by Crippen LogP contribution is 2.26. The normalized spacial score (nSPS) is 27.3. The van der Waals surface area contributed by atoms with Gasteiger partial charge in [0.05, 0.1) is 6.54 Å². The van der Waals surface area contributed by atoms with E-state index in [2.05, 4.69) is 17.6 Å². The molecule has 82 valence electrons. The van der Waals surface area contributed by atoms with Crippen molar-refractivity contribution < 1.29 is 4.79 Å². The van der Waals surface area contributed by atoms with E-state index >= 15 is 0 Å². The van der Waals surface area contributed by atoms with Crippen LogP contribution in [0.4, 0.5) is 0 Å². The lowest BCUT2D eigenvalue weighted by Crippen LogP contribution is -2.41. The molecule has 2 N–H and O–H groups in total. The topological polar surface area (TPSA) is 41.1 Å². The lowest BCUT2D eigenvalue weighted by atomic mass is 9.84. The van der Waals surface area contributed by atoms with Crippen molar-refractivity contribution in [3.63, 3.8) is 0 Å². The summed E-state index contributed by atoms with van der Waals surface area (Å²) in [7, 11) is 1.80. The van der Waals surface area contributed by atoms with Crippen LogP contribution in [0.3, 0.4) is 0 Å². The van der Waals surface area contributed by atoms with Gasteiger partial charge >= 0.3 is 0 Å². The van der Waals surface area contributed by atoms with Crippen LogP contribution < -0.4 is 10.6 Å². The lowest BCUT2D eigenvalue weighted by Gasteiger charge is -2.29. The van der Waals surface area contributed by atoms with Gasteiger partial charge in [-0.05, 0) is 25.8 Å². The molecule has 2 atom stereocenters. The van der Waals surface area contributed by atoms with Crippen LogP contribution in [0.2, 0.25) is 0 Å². The fourth-order valence-electron chi connectivity index (χ4n) is 2.23. The predicted octanol–water partition coefficient (Wildman–Crippen LogP) is 1.29. The SMILES string of the molecule is CCC1CCCC(NC(=O)CNC)C1. The van der Waals surface area contributed by atoms with E-state index < -0.39 is 0 Å². The van der Waals surface area contributed by atoms with Gasteiger partial charge in [-0.2, -0.15) is 0 Å². The highest BCUT2D eigenvalue weighted by Gasteiger charge is 2.21. The summed E-state index contributed by atoms with van der Waals surface area (Å²) in [4.78, 5) is 11.3. The lowest BCUT2D eigenvalue weighted by molar-refractivity contribution is -0.121. The Kier molecular flexibility index (Phi) is 4.94. The van der Waals surface area contributed by atoms with Gasteiger partial charge in [0.25, 0.3) is 0 Å². The number of carbonyl (C=O) groups is 1. The van der Waals surface area contributed by atoms with Crippen LogP contribution in [-0.4, -0.2) is 25.5 Å². The van der Waals surface area contributed by atoms with Gasteiger partial charge in [0.1, 0.15) is 0 Å². The zero-order valence-corrected chi connectivity index (χ0v) is 9.31. The molecule has 0 saturated heterocycles. The average Bonchev–Trinajstić information content (AvgIpc) is 2.18. The highest BCUT2D eigenvalue weighted by atomic mass is 16.1. The van der Waals surface area contributed by atoms with Gasteiger partial charge in [-0.1, -0.05) is 26.2 Å². The molecule has 0 aromatic heterocycles. The van der Waals surface area contributed by atoms with E-state index in [0.29, 0.717) is 12.6 Å². The van der Waals surface area contributed by atoms with Gasteiger partial charge < -0.3 is 10.6 Å². The van der Waals surface area contributed by atoms with Gasteiger partial charge in [-0.3, -0.25) is 4.79 Å². The Bertz CT molecular complexity index is 182. The highest BCUT2D eigenvalue weighted by molar-refractivity contribution is 5.78. The maximum atomic E-state index is 11.3. The summed E-state index contributed by atoms with van der Waals surface area (Å²) in [6, 6.07) is 0.426. The molecule has 2 unspecified atom stereocenters. The molecule has 0 heterocycles. The average molecular weight is 198 g/mol. The van der Waals surface area contributed by atoms with E-state index in [0.717, 1.165) is 12.3 Å². The Balaban J connectivity index is 2.26. The maximum absolute atomic E-state index is 11.3. The van der Waals surface area contributed by atoms with Crippen molar-refractivity contribution in [2.75, 3.05) is 13.6 Å². The minimum Gasteiger partial charge on any atom is -0.352 e. The number of hydrogen-bond donors (Lipinski definition) is 2. The zero-order valence-electron chi connectivity index (χ0n) is 9.31. The molecule has 0 aromatic rings. The summed E-state index contributed by atoms with van der Waals surface area (Å²) in [5.74, 6) is 0.956. The second-order valence-corrected chi connectivity index (χ2v) is 4.24. The minimum absolute atomic E-state index is 0.134. The monoisotopic (exact) mass is 198 g/mol. The largest absolute Gasteiger partial charge is 0.352 e. The van der Waals surface area contributed by atoms with E-state index in [9.17, 15) is 4.79 Å². The molecular weight excluding hydrogens is 176 g/mol. The van der Waals surface area contributed by atoms with Crippen LogP contribution in [0.25, 0.3) is 0 Å². The molecule has 1 aliphatic rings. The minimum atomic E-state index is 0.134. The van der Waals surface area contributed by atoms with Crippen molar-refractivity contribution >= 4 is 5.91 Å². The van der Waals surface area contributed by atoms with E-state index in [1.165, 1.54) is 25.7 Å². The van der Waals surface area contributed by atoms with Crippen molar-refractivity contribution in [1.82, 2.24) is 10.6 Å². The molecule has 0 spiro atoms. The molecule has 1 amide bonds. The summed E-state index contributed by atoms with van der Waals surface area (Å²) in [5, 5.41) is 5.95. The second-order valence-electron chi connectivity index (χ2n) is 4.24. The second kappa shape index (κ2) is 6.02. The summed E-state index contributed by atoms with van der Waals surface area (Å²) < 4.78 is 0. The Morgan fingerprint density at radius 3 is 2.86 bits per heavy atom. The third kappa shape index (κ3) is 3.66. The molecule has 1 fully saturated rings. The van der Waals surface area contributed by atoms with Gasteiger partial charge in [0.2, 0.25) is 5.91 Å². The van der Waals surface area contributed by atoms with E-state index in [-0.39, 0.29) is 5.91 Å². The molecule has 3 nitrogen and oxygen atoms in total. The molecule has 1 aliphatic carbocycles. The van der Waals surface area contributed by atoms with Crippen molar-refractivity contribution in [1.29, 1.82) is 0 Å². The summed E-state index contributed by atoms with van der Waals surface area (Å²) in [6.45, 7) is 2.68. The Labute approximate surface area is 86.6 Å². The first-order valence-electron chi connectivity index (χ1n) is 5.70. The Morgan fingerprint density at radius 1 is 1.43 bits per heavy atom. The van der Waals surface area contributed by atoms with Crippen LogP contribution in [0.5, 0.6) is 0 Å². The summed E-state index contributed by atoms with van der Waals surface area (Å²) >= 11 is 0. The predicted molar refractivity (Wildman–Crippen MR) is 58.1 cm³/mol. The first-order chi connectivity index (χ1) is 6.76. The number of carbonyl (C=O) groups excluding carboxylic acids is 1. The fraction of sp³-hybridized carbons (Fsp3) is 0.909. The molecular formula is C11H22N2O. The van der Waals surface area contributed by atoms with Gasteiger partial charge in [0.15, 0.2) is 0 Å². The van der Waals surface area contributed by atoms with Crippen molar-refractivity contribution in [2.45, 2.75) is 45.1 Å². The van der Waals surface area contributed by atoms with Crippen molar-refractivity contribution in [3.8, 4) is 0 Å². The molecule has 0 aliphatic heterocycles. The Morgan fingerprint density at radius 2 is 2.21 bits per heavy atom. The van der Waals surface area contributed by atoms with Crippen LogP contribution in [0.15, 0.2) is 0 Å². The number of amides is 1. The summed E-state index contributed by atoms with van der Waals surface area (Å²) in [5.41, 5.74) is 0. The van der Waals surface area contributed by atoms with Gasteiger partial charge in [-0.25, -0.2) is 0 Å². The fourth-order valence-corrected chi connectivity index (χ4v) is 2.23. The number of nitrogens with one attached hydrogen (secondary N) is 2. The standard InChI is InChI=1S/C11H22N2O/c1-3-9-5-4-6-10(7-9)13-11(14)8-12-2/h9-10,12H,3-8H2,1-2H3,(H,13,14). The number of likely N-dealkylation sites (N-methyl/N-ethyl adjacent to an activating group) is 1. The smallest absolute Gasteiger partial charge is 0.234 e. The first-order valence-corrected chi connectivity index (χ1v) is 5.70. The molecule has 0 aromatic carbocycles. The molecule has 1 saturated carbocycles. The first kappa shape index (κ1) is 11.5.